The van der Waals surface area contributed by atoms with Crippen molar-refractivity contribution >= 4 is 5.96 Å². The second-order valence-electron chi connectivity index (χ2n) is 7.31. The van der Waals surface area contributed by atoms with Crippen molar-refractivity contribution in [3.8, 4) is 0 Å². The van der Waals surface area contributed by atoms with E-state index in [0.717, 1.165) is 32.1 Å². The number of nitrogens with zero attached hydrogens (tertiary/aromatic N) is 5. The van der Waals surface area contributed by atoms with Crippen molar-refractivity contribution < 1.29 is 0 Å². The summed E-state index contributed by atoms with van der Waals surface area (Å²) in [6.07, 6.45) is 9.44. The molecule has 0 unspecified atom stereocenters. The molecule has 0 aromatic carbocycles. The maximum Gasteiger partial charge on any atom is 0.191 e. The normalized spacial score (nSPS) is 27.2. The minimum Gasteiger partial charge on any atom is -0.370 e. The first-order valence-corrected chi connectivity index (χ1v) is 9.40. The summed E-state index contributed by atoms with van der Waals surface area (Å²) in [5.74, 6) is 1.25. The monoisotopic (exact) mass is 332 g/mol. The highest BCUT2D eigenvalue weighted by Crippen LogP contribution is 2.34. The van der Waals surface area contributed by atoms with Crippen LogP contribution in [0.3, 0.4) is 0 Å². The van der Waals surface area contributed by atoms with Crippen LogP contribution in [-0.2, 0) is 7.05 Å². The molecule has 2 fully saturated rings. The van der Waals surface area contributed by atoms with E-state index in [4.69, 9.17) is 10.7 Å². The van der Waals surface area contributed by atoms with Gasteiger partial charge in [0.05, 0.1) is 11.7 Å². The van der Waals surface area contributed by atoms with Crippen molar-refractivity contribution in [2.24, 2.45) is 23.7 Å². The highest BCUT2D eigenvalue weighted by molar-refractivity contribution is 5.78. The molecule has 2 atom stereocenters. The molecule has 2 aliphatic rings. The summed E-state index contributed by atoms with van der Waals surface area (Å²) in [4.78, 5) is 9.53. The second kappa shape index (κ2) is 8.01. The summed E-state index contributed by atoms with van der Waals surface area (Å²) in [6.45, 7) is 4.07. The van der Waals surface area contributed by atoms with Gasteiger partial charge in [-0.2, -0.15) is 5.10 Å². The minimum atomic E-state index is 0.381. The number of nitrogens with two attached hydrogens (primary N) is 1. The molecule has 0 amide bonds. The number of piperidine rings is 1. The Balaban J connectivity index is 1.69. The Morgan fingerprint density at radius 2 is 1.92 bits per heavy atom. The predicted octanol–water partition coefficient (Wildman–Crippen LogP) is 1.99. The zero-order valence-electron chi connectivity index (χ0n) is 15.2. The number of rotatable bonds is 3. The van der Waals surface area contributed by atoms with E-state index >= 15 is 0 Å². The van der Waals surface area contributed by atoms with E-state index in [-0.39, 0.29) is 0 Å². The molecule has 6 nitrogen and oxygen atoms in total. The lowest BCUT2D eigenvalue weighted by molar-refractivity contribution is 0.118. The molecule has 0 bridgehead atoms. The average Bonchev–Trinajstić information content (AvgIpc) is 2.84. The molecule has 6 heteroatoms. The fourth-order valence-electron chi connectivity index (χ4n) is 4.20. The van der Waals surface area contributed by atoms with Gasteiger partial charge in [-0.25, -0.2) is 0 Å². The van der Waals surface area contributed by atoms with Crippen LogP contribution in [0.1, 0.15) is 50.3 Å². The van der Waals surface area contributed by atoms with E-state index in [1.165, 1.54) is 44.2 Å². The van der Waals surface area contributed by atoms with Crippen LogP contribution in [0.4, 0.5) is 0 Å². The Kier molecular flexibility index (Phi) is 5.76. The van der Waals surface area contributed by atoms with Gasteiger partial charge in [-0.15, -0.1) is 0 Å². The Bertz CT molecular complexity index is 543. The van der Waals surface area contributed by atoms with Gasteiger partial charge in [0.1, 0.15) is 0 Å². The van der Waals surface area contributed by atoms with E-state index in [0.29, 0.717) is 12.0 Å². The molecule has 1 aromatic heterocycles. The predicted molar refractivity (Wildman–Crippen MR) is 97.8 cm³/mol. The van der Waals surface area contributed by atoms with Crippen LogP contribution in [0, 0.1) is 5.92 Å². The molecule has 0 saturated carbocycles. The Morgan fingerprint density at radius 3 is 2.58 bits per heavy atom. The van der Waals surface area contributed by atoms with Crippen LogP contribution in [0.25, 0.3) is 0 Å². The van der Waals surface area contributed by atoms with Gasteiger partial charge < -0.3 is 10.6 Å². The van der Waals surface area contributed by atoms with Crippen molar-refractivity contribution in [1.29, 1.82) is 0 Å². The van der Waals surface area contributed by atoms with Gasteiger partial charge in [0.2, 0.25) is 0 Å². The zero-order chi connectivity index (χ0) is 16.9. The van der Waals surface area contributed by atoms with E-state index in [2.05, 4.69) is 28.0 Å². The summed E-state index contributed by atoms with van der Waals surface area (Å²) in [5, 5.41) is 4.36. The maximum atomic E-state index is 6.31. The van der Waals surface area contributed by atoms with Crippen molar-refractivity contribution in [3.05, 3.63) is 18.0 Å². The topological polar surface area (TPSA) is 62.7 Å². The molecule has 2 N–H and O–H groups in total. The molecular formula is C18H32N6. The number of aliphatic imine (C=N–C) groups is 1. The second-order valence-corrected chi connectivity index (χ2v) is 7.31. The van der Waals surface area contributed by atoms with Crippen LogP contribution in [0.5, 0.6) is 0 Å². The van der Waals surface area contributed by atoms with E-state index in [1.54, 1.807) is 0 Å². The summed E-state index contributed by atoms with van der Waals surface area (Å²) in [6, 6.07) is 2.52. The summed E-state index contributed by atoms with van der Waals surface area (Å²) in [7, 11) is 4.25. The van der Waals surface area contributed by atoms with Gasteiger partial charge in [0.25, 0.3) is 0 Å². The molecule has 0 spiro atoms. The van der Waals surface area contributed by atoms with E-state index < -0.39 is 0 Å². The van der Waals surface area contributed by atoms with Crippen molar-refractivity contribution in [3.63, 3.8) is 0 Å². The summed E-state index contributed by atoms with van der Waals surface area (Å²) < 4.78 is 2.00. The molecule has 2 saturated heterocycles. The lowest BCUT2D eigenvalue weighted by Crippen LogP contribution is -2.41. The lowest BCUT2D eigenvalue weighted by Gasteiger charge is -2.38. The van der Waals surface area contributed by atoms with Crippen LogP contribution >= 0.6 is 0 Å². The van der Waals surface area contributed by atoms with Gasteiger partial charge in [-0.1, -0.05) is 12.8 Å². The van der Waals surface area contributed by atoms with Gasteiger partial charge >= 0.3 is 0 Å². The van der Waals surface area contributed by atoms with Gasteiger partial charge in [-0.3, -0.25) is 14.6 Å². The first-order chi connectivity index (χ1) is 11.7. The molecule has 0 radical (unpaired) electrons. The van der Waals surface area contributed by atoms with Crippen LogP contribution in [0.15, 0.2) is 17.3 Å². The lowest BCUT2D eigenvalue weighted by atomic mass is 9.87. The maximum absolute atomic E-state index is 6.31. The molecular weight excluding hydrogens is 300 g/mol. The summed E-state index contributed by atoms with van der Waals surface area (Å²) >= 11 is 0. The molecule has 3 rings (SSSR count). The molecule has 0 aliphatic carbocycles. The van der Waals surface area contributed by atoms with Crippen molar-refractivity contribution in [2.45, 2.75) is 44.6 Å². The third-order valence-electron chi connectivity index (χ3n) is 5.59. The molecule has 2 aliphatic heterocycles. The Labute approximate surface area is 145 Å². The summed E-state index contributed by atoms with van der Waals surface area (Å²) in [5.41, 5.74) is 7.59. The number of likely N-dealkylation sites (tertiary alicyclic amines) is 2. The van der Waals surface area contributed by atoms with E-state index in [9.17, 15) is 0 Å². The average molecular weight is 332 g/mol. The fourth-order valence-corrected chi connectivity index (χ4v) is 4.20. The highest BCUT2D eigenvalue weighted by Gasteiger charge is 2.32. The number of aryl methyl sites for hydroxylation is 1. The standard InChI is InChI=1S/C18H32N6/c1-22-11-7-8-15(17(22)16-9-10-21-23(16)2)14-20-18(19)24-12-5-3-4-6-13-24/h9-10,15,17H,3-8,11-14H2,1-2H3,(H2,19,20)/t15-,17+/m0/s1. The SMILES string of the molecule is CN1CCC[C@@H](CN=C(N)N2CCCCCC2)[C@@H]1c1ccnn1C. The molecule has 1 aromatic rings. The van der Waals surface area contributed by atoms with Gasteiger partial charge in [0, 0.05) is 32.9 Å². The highest BCUT2D eigenvalue weighted by atomic mass is 15.3. The first kappa shape index (κ1) is 17.3. The largest absolute Gasteiger partial charge is 0.370 e. The van der Waals surface area contributed by atoms with Gasteiger partial charge in [-0.05, 0) is 51.3 Å². The molecule has 134 valence electrons. The number of aromatic nitrogens is 2. The van der Waals surface area contributed by atoms with E-state index in [1.807, 2.05) is 17.9 Å². The quantitative estimate of drug-likeness (QED) is 0.679. The van der Waals surface area contributed by atoms with Crippen LogP contribution in [-0.4, -0.2) is 58.8 Å². The smallest absolute Gasteiger partial charge is 0.191 e. The van der Waals surface area contributed by atoms with Crippen molar-refractivity contribution in [2.75, 3.05) is 33.2 Å². The van der Waals surface area contributed by atoms with Crippen molar-refractivity contribution in [1.82, 2.24) is 19.6 Å². The number of guanidine groups is 1. The fraction of sp³-hybridized carbons (Fsp3) is 0.778. The Morgan fingerprint density at radius 1 is 1.17 bits per heavy atom. The molecule has 3 heterocycles. The van der Waals surface area contributed by atoms with Crippen LogP contribution in [0.2, 0.25) is 0 Å². The molecule has 24 heavy (non-hydrogen) atoms. The minimum absolute atomic E-state index is 0.381. The third kappa shape index (κ3) is 3.91. The van der Waals surface area contributed by atoms with Gasteiger partial charge in [0.15, 0.2) is 5.96 Å². The zero-order valence-corrected chi connectivity index (χ0v) is 15.2. The number of hydrogen-bond acceptors (Lipinski definition) is 3. The number of hydrogen-bond donors (Lipinski definition) is 1. The van der Waals surface area contributed by atoms with Crippen LogP contribution < -0.4 is 5.73 Å². The first-order valence-electron chi connectivity index (χ1n) is 9.40. The third-order valence-corrected chi connectivity index (χ3v) is 5.59. The Hall–Kier alpha value is -1.56.